The third-order valence-corrected chi connectivity index (χ3v) is 4.04. The molecule has 0 saturated heterocycles. The van der Waals surface area contributed by atoms with E-state index >= 15 is 0 Å². The van der Waals surface area contributed by atoms with Crippen LogP contribution in [-0.4, -0.2) is 13.0 Å². The minimum atomic E-state index is 0.0968. The van der Waals surface area contributed by atoms with Crippen LogP contribution in [0.15, 0.2) is 24.3 Å². The number of nitrogens with one attached hydrogen (secondary N) is 1. The SMILES string of the molecule is CCCC(C)C(=O)NC(c1ccc(OC)cc1)C1CC1. The zero-order chi connectivity index (χ0) is 14.5. The first kappa shape index (κ1) is 14.9. The third kappa shape index (κ3) is 3.75. The van der Waals surface area contributed by atoms with Gasteiger partial charge in [0.1, 0.15) is 5.75 Å². The Morgan fingerprint density at radius 3 is 2.50 bits per heavy atom. The van der Waals surface area contributed by atoms with Crippen LogP contribution in [0.25, 0.3) is 0 Å². The van der Waals surface area contributed by atoms with Crippen molar-refractivity contribution in [3.8, 4) is 5.75 Å². The molecule has 1 N–H and O–H groups in total. The third-order valence-electron chi connectivity index (χ3n) is 4.04. The zero-order valence-corrected chi connectivity index (χ0v) is 12.7. The van der Waals surface area contributed by atoms with Gasteiger partial charge in [0.05, 0.1) is 13.2 Å². The van der Waals surface area contributed by atoms with E-state index in [1.807, 2.05) is 19.1 Å². The molecule has 3 nitrogen and oxygen atoms in total. The molecule has 20 heavy (non-hydrogen) atoms. The first-order valence-electron chi connectivity index (χ1n) is 7.60. The molecule has 1 aromatic rings. The molecule has 0 bridgehead atoms. The van der Waals surface area contributed by atoms with Gasteiger partial charge in [-0.25, -0.2) is 0 Å². The Morgan fingerprint density at radius 2 is 2.00 bits per heavy atom. The Labute approximate surface area is 121 Å². The highest BCUT2D eigenvalue weighted by Crippen LogP contribution is 2.41. The lowest BCUT2D eigenvalue weighted by atomic mass is 9.99. The van der Waals surface area contributed by atoms with Gasteiger partial charge in [0.25, 0.3) is 0 Å². The first-order chi connectivity index (χ1) is 9.65. The smallest absolute Gasteiger partial charge is 0.223 e. The maximum atomic E-state index is 12.2. The molecule has 2 atom stereocenters. The molecule has 1 aliphatic carbocycles. The van der Waals surface area contributed by atoms with E-state index in [-0.39, 0.29) is 17.9 Å². The Kier molecular flexibility index (Phi) is 5.05. The Balaban J connectivity index is 2.05. The van der Waals surface area contributed by atoms with E-state index in [4.69, 9.17) is 4.74 Å². The van der Waals surface area contributed by atoms with E-state index in [0.717, 1.165) is 18.6 Å². The van der Waals surface area contributed by atoms with Gasteiger partial charge in [0.2, 0.25) is 5.91 Å². The minimum absolute atomic E-state index is 0.0968. The van der Waals surface area contributed by atoms with E-state index in [0.29, 0.717) is 5.92 Å². The van der Waals surface area contributed by atoms with Crippen molar-refractivity contribution in [2.45, 2.75) is 45.6 Å². The second-order valence-electron chi connectivity index (χ2n) is 5.79. The van der Waals surface area contributed by atoms with Gasteiger partial charge in [-0.1, -0.05) is 32.4 Å². The standard InChI is InChI=1S/C17H25NO2/c1-4-5-12(2)17(19)18-16(13-6-7-13)14-8-10-15(20-3)11-9-14/h8-13,16H,4-7H2,1-3H3,(H,18,19). The summed E-state index contributed by atoms with van der Waals surface area (Å²) in [7, 11) is 1.67. The fourth-order valence-electron chi connectivity index (χ4n) is 2.57. The van der Waals surface area contributed by atoms with Crippen LogP contribution in [0.5, 0.6) is 5.75 Å². The van der Waals surface area contributed by atoms with Crippen molar-refractivity contribution in [1.82, 2.24) is 5.32 Å². The normalized spacial score (nSPS) is 17.4. The van der Waals surface area contributed by atoms with Gasteiger partial charge in [-0.3, -0.25) is 4.79 Å². The van der Waals surface area contributed by atoms with Gasteiger partial charge in [0, 0.05) is 5.92 Å². The largest absolute Gasteiger partial charge is 0.497 e. The monoisotopic (exact) mass is 275 g/mol. The van der Waals surface area contributed by atoms with Crippen LogP contribution < -0.4 is 10.1 Å². The van der Waals surface area contributed by atoms with Gasteiger partial charge >= 0.3 is 0 Å². The molecule has 1 aliphatic rings. The lowest BCUT2D eigenvalue weighted by molar-refractivity contribution is -0.125. The number of rotatable bonds is 7. The summed E-state index contributed by atoms with van der Waals surface area (Å²) in [6.07, 6.45) is 4.41. The van der Waals surface area contributed by atoms with Gasteiger partial charge in [-0.05, 0) is 42.9 Å². The number of hydrogen-bond acceptors (Lipinski definition) is 2. The molecule has 1 amide bonds. The number of benzene rings is 1. The van der Waals surface area contributed by atoms with Crippen molar-refractivity contribution in [3.63, 3.8) is 0 Å². The molecule has 0 aromatic heterocycles. The maximum Gasteiger partial charge on any atom is 0.223 e. The molecule has 110 valence electrons. The van der Waals surface area contributed by atoms with Crippen molar-refractivity contribution in [2.75, 3.05) is 7.11 Å². The zero-order valence-electron chi connectivity index (χ0n) is 12.7. The van der Waals surface area contributed by atoms with E-state index in [9.17, 15) is 4.79 Å². The van der Waals surface area contributed by atoms with Crippen molar-refractivity contribution in [3.05, 3.63) is 29.8 Å². The van der Waals surface area contributed by atoms with E-state index in [1.165, 1.54) is 18.4 Å². The van der Waals surface area contributed by atoms with E-state index in [1.54, 1.807) is 7.11 Å². The number of ether oxygens (including phenoxy) is 1. The average Bonchev–Trinajstić information content (AvgIpc) is 3.29. The van der Waals surface area contributed by atoms with Crippen LogP contribution >= 0.6 is 0 Å². The summed E-state index contributed by atoms with van der Waals surface area (Å²) in [5.41, 5.74) is 1.19. The number of carbonyl (C=O) groups is 1. The Hall–Kier alpha value is -1.51. The summed E-state index contributed by atoms with van der Waals surface area (Å²) >= 11 is 0. The molecular weight excluding hydrogens is 250 g/mol. The lowest BCUT2D eigenvalue weighted by Gasteiger charge is -2.21. The molecule has 2 unspecified atom stereocenters. The van der Waals surface area contributed by atoms with Crippen LogP contribution in [0.1, 0.15) is 51.1 Å². The quantitative estimate of drug-likeness (QED) is 0.824. The summed E-state index contributed by atoms with van der Waals surface area (Å²) in [5, 5.41) is 3.24. The van der Waals surface area contributed by atoms with Crippen molar-refractivity contribution >= 4 is 5.91 Å². The Morgan fingerprint density at radius 1 is 1.35 bits per heavy atom. The molecular formula is C17H25NO2. The number of amides is 1. The van der Waals surface area contributed by atoms with Crippen LogP contribution in [0, 0.1) is 11.8 Å². The van der Waals surface area contributed by atoms with Gasteiger partial charge in [-0.15, -0.1) is 0 Å². The lowest BCUT2D eigenvalue weighted by Crippen LogP contribution is -2.34. The summed E-state index contributed by atoms with van der Waals surface area (Å²) in [5.74, 6) is 1.73. The fraction of sp³-hybridized carbons (Fsp3) is 0.588. The average molecular weight is 275 g/mol. The highest BCUT2D eigenvalue weighted by Gasteiger charge is 2.34. The number of methoxy groups -OCH3 is 1. The van der Waals surface area contributed by atoms with Gasteiger partial charge in [0.15, 0.2) is 0 Å². The predicted octanol–water partition coefficient (Wildman–Crippen LogP) is 3.70. The summed E-state index contributed by atoms with van der Waals surface area (Å²) in [6.45, 7) is 4.13. The highest BCUT2D eigenvalue weighted by atomic mass is 16.5. The van der Waals surface area contributed by atoms with Crippen LogP contribution in [0.4, 0.5) is 0 Å². The Bertz CT molecular complexity index is 437. The van der Waals surface area contributed by atoms with Crippen molar-refractivity contribution < 1.29 is 9.53 Å². The molecule has 2 rings (SSSR count). The summed E-state index contributed by atoms with van der Waals surface area (Å²) in [6, 6.07) is 8.21. The molecule has 0 heterocycles. The number of hydrogen-bond donors (Lipinski definition) is 1. The first-order valence-corrected chi connectivity index (χ1v) is 7.60. The summed E-state index contributed by atoms with van der Waals surface area (Å²) < 4.78 is 5.19. The highest BCUT2D eigenvalue weighted by molar-refractivity contribution is 5.78. The molecule has 0 radical (unpaired) electrons. The molecule has 1 aromatic carbocycles. The van der Waals surface area contributed by atoms with Crippen LogP contribution in [0.2, 0.25) is 0 Å². The maximum absolute atomic E-state index is 12.2. The summed E-state index contributed by atoms with van der Waals surface area (Å²) in [4.78, 5) is 12.2. The minimum Gasteiger partial charge on any atom is -0.497 e. The van der Waals surface area contributed by atoms with Crippen LogP contribution in [-0.2, 0) is 4.79 Å². The van der Waals surface area contributed by atoms with Gasteiger partial charge in [-0.2, -0.15) is 0 Å². The second-order valence-corrected chi connectivity index (χ2v) is 5.79. The predicted molar refractivity (Wildman–Crippen MR) is 80.7 cm³/mol. The molecule has 0 spiro atoms. The van der Waals surface area contributed by atoms with Crippen molar-refractivity contribution in [1.29, 1.82) is 0 Å². The van der Waals surface area contributed by atoms with Gasteiger partial charge < -0.3 is 10.1 Å². The second kappa shape index (κ2) is 6.78. The molecule has 0 aliphatic heterocycles. The molecule has 1 saturated carbocycles. The van der Waals surface area contributed by atoms with E-state index < -0.39 is 0 Å². The molecule has 3 heteroatoms. The number of carbonyl (C=O) groups excluding carboxylic acids is 1. The van der Waals surface area contributed by atoms with Crippen molar-refractivity contribution in [2.24, 2.45) is 11.8 Å². The topological polar surface area (TPSA) is 38.3 Å². The van der Waals surface area contributed by atoms with E-state index in [2.05, 4.69) is 24.4 Å². The fourth-order valence-corrected chi connectivity index (χ4v) is 2.57. The molecule has 1 fully saturated rings. The van der Waals surface area contributed by atoms with Crippen LogP contribution in [0.3, 0.4) is 0 Å².